The van der Waals surface area contributed by atoms with Crippen LogP contribution in [0.25, 0.3) is 0 Å². The molecule has 2 rings (SSSR count). The Morgan fingerprint density at radius 3 is 1.52 bits per heavy atom. The molecule has 0 aliphatic carbocycles. The lowest BCUT2D eigenvalue weighted by atomic mass is 9.99. The van der Waals surface area contributed by atoms with Gasteiger partial charge < -0.3 is 9.47 Å². The number of hydrogen-bond acceptors (Lipinski definition) is 2. The van der Waals surface area contributed by atoms with Crippen LogP contribution in [0.3, 0.4) is 0 Å². The Morgan fingerprint density at radius 2 is 1.14 bits per heavy atom. The summed E-state index contributed by atoms with van der Waals surface area (Å²) in [5, 5.41) is 0. The molecule has 0 saturated carbocycles. The van der Waals surface area contributed by atoms with Gasteiger partial charge in [-0.1, -0.05) is 49.7 Å². The molecule has 0 saturated heterocycles. The van der Waals surface area contributed by atoms with E-state index in [1.54, 1.807) is 0 Å². The van der Waals surface area contributed by atoms with Crippen molar-refractivity contribution in [3.8, 4) is 11.5 Å². The molecule has 0 bridgehead atoms. The predicted molar refractivity (Wildman–Crippen MR) is 86.9 cm³/mol. The standard InChI is InChI=1S/C19H24O2/c1-2-17(13-15-20-18-9-5-3-6-10-18)14-16-21-19-11-7-4-8-12-19/h3-12,17H,2,13-16H2,1H3. The van der Waals surface area contributed by atoms with Crippen LogP contribution in [0.15, 0.2) is 60.7 Å². The first-order chi connectivity index (χ1) is 10.4. The third-order valence-corrected chi connectivity index (χ3v) is 3.65. The summed E-state index contributed by atoms with van der Waals surface area (Å²) >= 11 is 0. The SMILES string of the molecule is CCC(CCOc1ccccc1)CCOc1ccccc1. The van der Waals surface area contributed by atoms with Crippen molar-refractivity contribution in [3.05, 3.63) is 60.7 Å². The lowest BCUT2D eigenvalue weighted by Gasteiger charge is -2.15. The van der Waals surface area contributed by atoms with Gasteiger partial charge in [-0.15, -0.1) is 0 Å². The highest BCUT2D eigenvalue weighted by Gasteiger charge is 2.07. The van der Waals surface area contributed by atoms with Crippen molar-refractivity contribution in [3.63, 3.8) is 0 Å². The van der Waals surface area contributed by atoms with Crippen LogP contribution in [-0.2, 0) is 0 Å². The van der Waals surface area contributed by atoms with Gasteiger partial charge in [0, 0.05) is 0 Å². The predicted octanol–water partition coefficient (Wildman–Crippen LogP) is 4.95. The molecule has 0 fully saturated rings. The molecule has 0 aliphatic rings. The van der Waals surface area contributed by atoms with Crippen LogP contribution >= 0.6 is 0 Å². The smallest absolute Gasteiger partial charge is 0.119 e. The third kappa shape index (κ3) is 5.90. The van der Waals surface area contributed by atoms with Crippen molar-refractivity contribution >= 4 is 0 Å². The lowest BCUT2D eigenvalue weighted by molar-refractivity contribution is 0.233. The van der Waals surface area contributed by atoms with Crippen molar-refractivity contribution in [2.24, 2.45) is 5.92 Å². The summed E-state index contributed by atoms with van der Waals surface area (Å²) in [5.74, 6) is 2.55. The van der Waals surface area contributed by atoms with Crippen LogP contribution in [-0.4, -0.2) is 13.2 Å². The molecule has 21 heavy (non-hydrogen) atoms. The van der Waals surface area contributed by atoms with Crippen LogP contribution in [0.5, 0.6) is 11.5 Å². The van der Waals surface area contributed by atoms with E-state index in [1.165, 1.54) is 0 Å². The molecule has 0 amide bonds. The van der Waals surface area contributed by atoms with Gasteiger partial charge in [0.15, 0.2) is 0 Å². The monoisotopic (exact) mass is 284 g/mol. The van der Waals surface area contributed by atoms with Crippen LogP contribution in [0.1, 0.15) is 26.2 Å². The minimum Gasteiger partial charge on any atom is -0.494 e. The molecule has 0 aromatic heterocycles. The second-order valence-corrected chi connectivity index (χ2v) is 5.17. The molecule has 0 spiro atoms. The molecular weight excluding hydrogens is 260 g/mol. The summed E-state index contributed by atoms with van der Waals surface area (Å²) in [6.07, 6.45) is 3.31. The molecule has 2 nitrogen and oxygen atoms in total. The third-order valence-electron chi connectivity index (χ3n) is 3.65. The number of hydrogen-bond donors (Lipinski definition) is 0. The van der Waals surface area contributed by atoms with Crippen molar-refractivity contribution < 1.29 is 9.47 Å². The minimum atomic E-state index is 0.650. The van der Waals surface area contributed by atoms with Crippen molar-refractivity contribution in [2.75, 3.05) is 13.2 Å². The quantitative estimate of drug-likeness (QED) is 0.648. The van der Waals surface area contributed by atoms with Crippen LogP contribution < -0.4 is 9.47 Å². The Labute approximate surface area is 127 Å². The summed E-state index contributed by atoms with van der Waals surface area (Å²) in [5.41, 5.74) is 0. The van der Waals surface area contributed by atoms with E-state index in [0.29, 0.717) is 5.92 Å². The summed E-state index contributed by atoms with van der Waals surface area (Å²) in [6, 6.07) is 20.0. The van der Waals surface area contributed by atoms with Crippen molar-refractivity contribution in [1.29, 1.82) is 0 Å². The van der Waals surface area contributed by atoms with Crippen LogP contribution in [0, 0.1) is 5.92 Å². The van der Waals surface area contributed by atoms with Gasteiger partial charge in [0.25, 0.3) is 0 Å². The van der Waals surface area contributed by atoms with Gasteiger partial charge in [0.05, 0.1) is 13.2 Å². The van der Waals surface area contributed by atoms with E-state index in [0.717, 1.165) is 44.0 Å². The Hall–Kier alpha value is -1.96. The first kappa shape index (κ1) is 15.4. The zero-order valence-electron chi connectivity index (χ0n) is 12.7. The molecule has 0 unspecified atom stereocenters. The Kier molecular flexibility index (Phi) is 6.66. The Balaban J connectivity index is 1.64. The average molecular weight is 284 g/mol. The van der Waals surface area contributed by atoms with Gasteiger partial charge >= 0.3 is 0 Å². The summed E-state index contributed by atoms with van der Waals surface area (Å²) in [7, 11) is 0. The van der Waals surface area contributed by atoms with Crippen molar-refractivity contribution in [2.45, 2.75) is 26.2 Å². The molecule has 2 heteroatoms. The van der Waals surface area contributed by atoms with E-state index >= 15 is 0 Å². The van der Waals surface area contributed by atoms with Crippen LogP contribution in [0.4, 0.5) is 0 Å². The zero-order chi connectivity index (χ0) is 14.8. The molecular formula is C19H24O2. The van der Waals surface area contributed by atoms with Gasteiger partial charge in [-0.25, -0.2) is 0 Å². The fourth-order valence-electron chi connectivity index (χ4n) is 2.27. The van der Waals surface area contributed by atoms with E-state index in [4.69, 9.17) is 9.47 Å². The second kappa shape index (κ2) is 9.06. The molecule has 2 aromatic carbocycles. The maximum Gasteiger partial charge on any atom is 0.119 e. The number of rotatable bonds is 9. The summed E-state index contributed by atoms with van der Waals surface area (Å²) in [6.45, 7) is 3.78. The normalized spacial score (nSPS) is 10.6. The van der Waals surface area contributed by atoms with Crippen molar-refractivity contribution in [1.82, 2.24) is 0 Å². The minimum absolute atomic E-state index is 0.650. The first-order valence-electron chi connectivity index (χ1n) is 7.74. The fraction of sp³-hybridized carbons (Fsp3) is 0.368. The lowest BCUT2D eigenvalue weighted by Crippen LogP contribution is -2.10. The summed E-state index contributed by atoms with van der Waals surface area (Å²) in [4.78, 5) is 0. The van der Waals surface area contributed by atoms with E-state index < -0.39 is 0 Å². The van der Waals surface area contributed by atoms with Gasteiger partial charge in [-0.3, -0.25) is 0 Å². The Morgan fingerprint density at radius 1 is 0.714 bits per heavy atom. The molecule has 2 aromatic rings. The topological polar surface area (TPSA) is 18.5 Å². The molecule has 112 valence electrons. The van der Waals surface area contributed by atoms with Crippen LogP contribution in [0.2, 0.25) is 0 Å². The number of benzene rings is 2. The maximum atomic E-state index is 5.76. The highest BCUT2D eigenvalue weighted by atomic mass is 16.5. The van der Waals surface area contributed by atoms with E-state index in [9.17, 15) is 0 Å². The van der Waals surface area contributed by atoms with Gasteiger partial charge in [0.1, 0.15) is 11.5 Å². The Bertz CT molecular complexity index is 436. The molecule has 0 radical (unpaired) electrons. The van der Waals surface area contributed by atoms with E-state index in [-0.39, 0.29) is 0 Å². The molecule has 0 atom stereocenters. The maximum absolute atomic E-state index is 5.76. The molecule has 0 aliphatic heterocycles. The molecule has 0 heterocycles. The highest BCUT2D eigenvalue weighted by Crippen LogP contribution is 2.17. The largest absolute Gasteiger partial charge is 0.494 e. The van der Waals surface area contributed by atoms with Gasteiger partial charge in [-0.2, -0.15) is 0 Å². The highest BCUT2D eigenvalue weighted by molar-refractivity contribution is 5.21. The van der Waals surface area contributed by atoms with E-state index in [2.05, 4.69) is 6.92 Å². The zero-order valence-corrected chi connectivity index (χ0v) is 12.7. The van der Waals surface area contributed by atoms with E-state index in [1.807, 2.05) is 60.7 Å². The van der Waals surface area contributed by atoms with Gasteiger partial charge in [0.2, 0.25) is 0 Å². The number of para-hydroxylation sites is 2. The van der Waals surface area contributed by atoms with Gasteiger partial charge in [-0.05, 0) is 43.0 Å². The second-order valence-electron chi connectivity index (χ2n) is 5.17. The molecule has 0 N–H and O–H groups in total. The average Bonchev–Trinajstić information content (AvgIpc) is 2.55. The summed E-state index contributed by atoms with van der Waals surface area (Å²) < 4.78 is 11.5. The fourth-order valence-corrected chi connectivity index (χ4v) is 2.27. The number of ether oxygens (including phenoxy) is 2. The first-order valence-corrected chi connectivity index (χ1v) is 7.74.